The molecule has 19 heavy (non-hydrogen) atoms. The second-order valence-electron chi connectivity index (χ2n) is 4.93. The molecule has 1 saturated heterocycles. The lowest BCUT2D eigenvalue weighted by Crippen LogP contribution is -2.19. The Labute approximate surface area is 119 Å². The fourth-order valence-corrected chi connectivity index (χ4v) is 2.46. The molecule has 0 amide bonds. The molecular weight excluding hydrogens is 264 g/mol. The van der Waals surface area contributed by atoms with Gasteiger partial charge in [0.2, 0.25) is 0 Å². The first kappa shape index (κ1) is 14.5. The molecule has 2 heterocycles. The van der Waals surface area contributed by atoms with Gasteiger partial charge in [0, 0.05) is 25.8 Å². The van der Waals surface area contributed by atoms with Gasteiger partial charge < -0.3 is 15.0 Å². The number of halogens is 1. The van der Waals surface area contributed by atoms with Crippen molar-refractivity contribution in [1.82, 2.24) is 14.9 Å². The first-order valence-electron chi connectivity index (χ1n) is 6.71. The first-order chi connectivity index (χ1) is 9.17. The molecule has 0 radical (unpaired) electrons. The van der Waals surface area contributed by atoms with Crippen molar-refractivity contribution in [2.24, 2.45) is 5.92 Å². The van der Waals surface area contributed by atoms with Gasteiger partial charge in [-0.3, -0.25) is 0 Å². The maximum atomic E-state index is 5.99. The van der Waals surface area contributed by atoms with Gasteiger partial charge in [0.05, 0.1) is 0 Å². The Hall–Kier alpha value is -0.910. The van der Waals surface area contributed by atoms with Crippen LogP contribution in [0, 0.1) is 5.92 Å². The van der Waals surface area contributed by atoms with Gasteiger partial charge in [-0.1, -0.05) is 11.6 Å². The van der Waals surface area contributed by atoms with Crippen LogP contribution >= 0.6 is 11.6 Å². The molecule has 1 fully saturated rings. The van der Waals surface area contributed by atoms with Crippen molar-refractivity contribution in [3.63, 3.8) is 0 Å². The van der Waals surface area contributed by atoms with E-state index in [9.17, 15) is 0 Å². The van der Waals surface area contributed by atoms with Gasteiger partial charge in [-0.05, 0) is 32.9 Å². The van der Waals surface area contributed by atoms with Crippen LogP contribution in [0.3, 0.4) is 0 Å². The third-order valence-electron chi connectivity index (χ3n) is 3.24. The molecule has 1 unspecified atom stereocenters. The molecule has 0 saturated carbocycles. The van der Waals surface area contributed by atoms with Crippen LogP contribution in [0.1, 0.15) is 19.2 Å². The van der Waals surface area contributed by atoms with Gasteiger partial charge in [0.1, 0.15) is 17.6 Å². The number of aromatic nitrogens is 2. The highest BCUT2D eigenvalue weighted by Gasteiger charge is 2.19. The number of hydrogen-bond donors (Lipinski definition) is 1. The van der Waals surface area contributed by atoms with E-state index in [0.29, 0.717) is 30.1 Å². The van der Waals surface area contributed by atoms with Crippen LogP contribution in [0.15, 0.2) is 6.07 Å². The second-order valence-corrected chi connectivity index (χ2v) is 5.31. The average Bonchev–Trinajstić information content (AvgIpc) is 2.79. The van der Waals surface area contributed by atoms with E-state index in [0.717, 1.165) is 18.9 Å². The van der Waals surface area contributed by atoms with E-state index < -0.39 is 0 Å². The summed E-state index contributed by atoms with van der Waals surface area (Å²) in [5.41, 5.74) is 0. The zero-order chi connectivity index (χ0) is 13.7. The smallest absolute Gasteiger partial charge is 0.158 e. The summed E-state index contributed by atoms with van der Waals surface area (Å²) in [7, 11) is 2.15. The molecule has 6 heteroatoms. The van der Waals surface area contributed by atoms with E-state index in [1.165, 1.54) is 13.0 Å². The summed E-state index contributed by atoms with van der Waals surface area (Å²) in [6.07, 6.45) is 1.23. The largest absolute Gasteiger partial charge is 0.374 e. The number of rotatable bonds is 6. The molecule has 1 aliphatic heterocycles. The normalized spacial score (nSPS) is 19.8. The Bertz CT molecular complexity index is 416. The Morgan fingerprint density at radius 3 is 3.05 bits per heavy atom. The van der Waals surface area contributed by atoms with E-state index in [2.05, 4.69) is 27.2 Å². The predicted octanol–water partition coefficient (Wildman–Crippen LogP) is 2.03. The quantitative estimate of drug-likeness (QED) is 0.810. The fourth-order valence-electron chi connectivity index (χ4n) is 2.25. The standard InChI is InChI=1S/C13H21ClN4O/c1-3-19-9-13-16-11(14)6-12(17-13)15-7-10-4-5-18(2)8-10/h6,10H,3-5,7-9H2,1-2H3,(H,15,16,17). The van der Waals surface area contributed by atoms with E-state index in [4.69, 9.17) is 16.3 Å². The van der Waals surface area contributed by atoms with Crippen LogP contribution in [0.5, 0.6) is 0 Å². The molecule has 1 aromatic rings. The maximum Gasteiger partial charge on any atom is 0.158 e. The third-order valence-corrected chi connectivity index (χ3v) is 3.43. The summed E-state index contributed by atoms with van der Waals surface area (Å²) in [5, 5.41) is 3.80. The first-order valence-corrected chi connectivity index (χ1v) is 7.08. The molecule has 1 aliphatic rings. The van der Waals surface area contributed by atoms with Crippen LogP contribution in [0.2, 0.25) is 5.15 Å². The summed E-state index contributed by atoms with van der Waals surface area (Å²) in [5.74, 6) is 2.08. The van der Waals surface area contributed by atoms with Crippen LogP contribution in [-0.2, 0) is 11.3 Å². The van der Waals surface area contributed by atoms with Gasteiger partial charge >= 0.3 is 0 Å². The average molecular weight is 285 g/mol. The minimum atomic E-state index is 0.401. The van der Waals surface area contributed by atoms with E-state index in [1.807, 2.05) is 6.92 Å². The fraction of sp³-hybridized carbons (Fsp3) is 0.692. The summed E-state index contributed by atoms with van der Waals surface area (Å²) in [6, 6.07) is 1.76. The molecule has 0 aliphatic carbocycles. The number of nitrogens with one attached hydrogen (secondary N) is 1. The molecule has 2 rings (SSSR count). The Kier molecular flexibility index (Phi) is 5.36. The molecule has 1 N–H and O–H groups in total. The van der Waals surface area contributed by atoms with Crippen LogP contribution in [0.4, 0.5) is 5.82 Å². The van der Waals surface area contributed by atoms with E-state index in [-0.39, 0.29) is 0 Å². The lowest BCUT2D eigenvalue weighted by molar-refractivity contribution is 0.128. The minimum Gasteiger partial charge on any atom is -0.374 e. The van der Waals surface area contributed by atoms with Gasteiger partial charge in [0.15, 0.2) is 5.82 Å². The zero-order valence-electron chi connectivity index (χ0n) is 11.5. The van der Waals surface area contributed by atoms with Crippen molar-refractivity contribution >= 4 is 17.4 Å². The summed E-state index contributed by atoms with van der Waals surface area (Å²) < 4.78 is 5.30. The van der Waals surface area contributed by atoms with Gasteiger partial charge in [0.25, 0.3) is 0 Å². The van der Waals surface area contributed by atoms with E-state index >= 15 is 0 Å². The van der Waals surface area contributed by atoms with Crippen LogP contribution in [-0.4, -0.2) is 48.2 Å². The highest BCUT2D eigenvalue weighted by atomic mass is 35.5. The monoisotopic (exact) mass is 284 g/mol. The Morgan fingerprint density at radius 2 is 2.37 bits per heavy atom. The molecule has 0 spiro atoms. The summed E-state index contributed by atoms with van der Waals surface area (Å²) in [6.45, 7) is 6.22. The number of likely N-dealkylation sites (tertiary alicyclic amines) is 1. The third kappa shape index (κ3) is 4.60. The van der Waals surface area contributed by atoms with Gasteiger partial charge in [-0.2, -0.15) is 0 Å². The van der Waals surface area contributed by atoms with Crippen LogP contribution in [0.25, 0.3) is 0 Å². The highest BCUT2D eigenvalue weighted by molar-refractivity contribution is 6.29. The SMILES string of the molecule is CCOCc1nc(Cl)cc(NCC2CCN(C)C2)n1. The topological polar surface area (TPSA) is 50.3 Å². The van der Waals surface area contributed by atoms with Crippen molar-refractivity contribution < 1.29 is 4.74 Å². The highest BCUT2D eigenvalue weighted by Crippen LogP contribution is 2.17. The summed E-state index contributed by atoms with van der Waals surface area (Å²) in [4.78, 5) is 10.9. The zero-order valence-corrected chi connectivity index (χ0v) is 12.3. The number of anilines is 1. The van der Waals surface area contributed by atoms with E-state index in [1.54, 1.807) is 6.07 Å². The molecule has 5 nitrogen and oxygen atoms in total. The van der Waals surface area contributed by atoms with Crippen molar-refractivity contribution in [2.75, 3.05) is 38.6 Å². The van der Waals surface area contributed by atoms with Crippen molar-refractivity contribution in [2.45, 2.75) is 20.0 Å². The maximum absolute atomic E-state index is 5.99. The van der Waals surface area contributed by atoms with Crippen molar-refractivity contribution in [1.29, 1.82) is 0 Å². The molecule has 0 aromatic carbocycles. The number of nitrogens with zero attached hydrogens (tertiary/aromatic N) is 3. The van der Waals surface area contributed by atoms with Crippen LogP contribution < -0.4 is 5.32 Å². The summed E-state index contributed by atoms with van der Waals surface area (Å²) >= 11 is 5.99. The van der Waals surface area contributed by atoms with Gasteiger partial charge in [-0.25, -0.2) is 9.97 Å². The van der Waals surface area contributed by atoms with Gasteiger partial charge in [-0.15, -0.1) is 0 Å². The molecule has 1 aromatic heterocycles. The lowest BCUT2D eigenvalue weighted by Gasteiger charge is -2.13. The Morgan fingerprint density at radius 1 is 1.53 bits per heavy atom. The van der Waals surface area contributed by atoms with Crippen molar-refractivity contribution in [3.05, 3.63) is 17.0 Å². The molecule has 0 bridgehead atoms. The Balaban J connectivity index is 1.90. The molecule has 106 valence electrons. The molecular formula is C13H21ClN4O. The minimum absolute atomic E-state index is 0.401. The molecule has 1 atom stereocenters. The number of ether oxygens (including phenoxy) is 1. The number of hydrogen-bond acceptors (Lipinski definition) is 5. The van der Waals surface area contributed by atoms with Crippen molar-refractivity contribution in [3.8, 4) is 0 Å². The second kappa shape index (κ2) is 7.03. The lowest BCUT2D eigenvalue weighted by atomic mass is 10.1. The predicted molar refractivity (Wildman–Crippen MR) is 76.5 cm³/mol.